The first-order valence-corrected chi connectivity index (χ1v) is 28.5. The number of hydrogen-bond donors (Lipinski definition) is 0. The highest BCUT2D eigenvalue weighted by atomic mass is 32.2. The van der Waals surface area contributed by atoms with E-state index >= 15 is 0 Å². The molecule has 15 rings (SSSR count). The fraction of sp³-hybridized carbons (Fsp3) is 0.0822. The summed E-state index contributed by atoms with van der Waals surface area (Å²) < 4.78 is 2.48. The Kier molecular flexibility index (Phi) is 11.0. The van der Waals surface area contributed by atoms with Crippen molar-refractivity contribution in [2.24, 2.45) is 15.0 Å². The van der Waals surface area contributed by atoms with Gasteiger partial charge in [-0.2, -0.15) is 0 Å². The molecule has 12 aromatic rings. The SMILES string of the molecule is C=NC(=NC(=NCc1ccccc1)c1ccccc1)c1cccc2c1-c1cc(-c3nc(-c4ccccc4)c(SC)c(-c4ccc5c(c4)C(C)(C)c4ccccc4-5)n3)ccc1C21c2ccccc2-n2c3ccccc3c3cccc1c32. The van der Waals surface area contributed by atoms with Crippen LogP contribution >= 0.6 is 11.8 Å². The van der Waals surface area contributed by atoms with Gasteiger partial charge in [0, 0.05) is 44.0 Å². The van der Waals surface area contributed by atoms with Crippen molar-refractivity contribution < 1.29 is 0 Å². The van der Waals surface area contributed by atoms with E-state index in [4.69, 9.17) is 24.9 Å². The quantitative estimate of drug-likeness (QED) is 0.0865. The van der Waals surface area contributed by atoms with Gasteiger partial charge in [0.05, 0.1) is 45.0 Å². The van der Waals surface area contributed by atoms with E-state index in [2.05, 4.69) is 232 Å². The Morgan fingerprint density at radius 2 is 1.15 bits per heavy atom. The minimum atomic E-state index is -0.756. The molecule has 80 heavy (non-hydrogen) atoms. The van der Waals surface area contributed by atoms with Crippen molar-refractivity contribution in [1.82, 2.24) is 14.5 Å². The van der Waals surface area contributed by atoms with Gasteiger partial charge in [-0.1, -0.05) is 226 Å². The Balaban J connectivity index is 1.00. The van der Waals surface area contributed by atoms with Gasteiger partial charge in [-0.25, -0.2) is 20.0 Å². The minimum absolute atomic E-state index is 0.185. The Hall–Kier alpha value is -9.56. The molecule has 0 saturated carbocycles. The average molecular weight is 1050 g/mol. The standard InChI is InChI=1S/C73H52N6S/c1-72(2)56-32-16-14-28-50(56)51-40-38-48(43-61(51)72)66-68(80-4)65(46-24-10-6-11-25-46)76-70(77-66)49-39-41-57-55(42-49)64-54(71(74-3)78-69(47-26-12-7-13-27-47)75-44-45-22-8-5-9-23-45)31-21-34-59(64)73(57)58-33-17-19-37-63(58)79-62-36-18-15-29-52(62)53-30-20-35-60(73)67(53)79/h5-43H,3,44H2,1-2,4H3. The third-order valence-corrected chi connectivity index (χ3v) is 17.7. The average Bonchev–Trinajstić information content (AvgIpc) is 4.25. The van der Waals surface area contributed by atoms with Gasteiger partial charge in [0.1, 0.15) is 0 Å². The highest BCUT2D eigenvalue weighted by Crippen LogP contribution is 2.62. The number of rotatable bonds is 8. The maximum Gasteiger partial charge on any atom is 0.161 e. The van der Waals surface area contributed by atoms with Gasteiger partial charge in [0.15, 0.2) is 17.5 Å². The van der Waals surface area contributed by atoms with Crippen molar-refractivity contribution in [2.75, 3.05) is 6.26 Å². The molecule has 380 valence electrons. The number of fused-ring (bicyclic) bond motifs is 15. The topological polar surface area (TPSA) is 67.8 Å². The van der Waals surface area contributed by atoms with Crippen LogP contribution in [-0.2, 0) is 17.4 Å². The normalized spacial score (nSPS) is 15.4. The van der Waals surface area contributed by atoms with Crippen LogP contribution in [0.5, 0.6) is 0 Å². The summed E-state index contributed by atoms with van der Waals surface area (Å²) in [6, 6.07) is 85.0. The van der Waals surface area contributed by atoms with E-state index in [0.29, 0.717) is 24.0 Å². The summed E-state index contributed by atoms with van der Waals surface area (Å²) in [6.45, 7) is 9.38. The zero-order valence-corrected chi connectivity index (χ0v) is 45.3. The number of thioether (sulfide) groups is 1. The zero-order chi connectivity index (χ0) is 53.7. The molecule has 10 aromatic carbocycles. The predicted molar refractivity (Wildman–Crippen MR) is 332 cm³/mol. The Morgan fingerprint density at radius 1 is 0.512 bits per heavy atom. The summed E-state index contributed by atoms with van der Waals surface area (Å²) in [5.74, 6) is 1.71. The Labute approximate surface area is 469 Å². The van der Waals surface area contributed by atoms with E-state index in [1.807, 2.05) is 36.4 Å². The Morgan fingerprint density at radius 3 is 1.95 bits per heavy atom. The lowest BCUT2D eigenvalue weighted by Gasteiger charge is -2.39. The van der Waals surface area contributed by atoms with Crippen LogP contribution in [0, 0.1) is 0 Å². The van der Waals surface area contributed by atoms with Gasteiger partial charge >= 0.3 is 0 Å². The molecule has 1 aliphatic heterocycles. The number of nitrogens with zero attached hydrogens (tertiary/aromatic N) is 6. The van der Waals surface area contributed by atoms with Crippen LogP contribution in [0.4, 0.5) is 0 Å². The summed E-state index contributed by atoms with van der Waals surface area (Å²) in [5, 5.41) is 2.44. The number of aromatic nitrogens is 3. The first-order valence-electron chi connectivity index (χ1n) is 27.2. The van der Waals surface area contributed by atoms with Crippen LogP contribution < -0.4 is 0 Å². The number of para-hydroxylation sites is 3. The molecule has 1 atom stereocenters. The van der Waals surface area contributed by atoms with Crippen LogP contribution in [-0.4, -0.2) is 39.2 Å². The summed E-state index contributed by atoms with van der Waals surface area (Å²) in [7, 11) is 0. The number of amidine groups is 2. The summed E-state index contributed by atoms with van der Waals surface area (Å²) in [6.07, 6.45) is 2.14. The molecule has 0 fully saturated rings. The summed E-state index contributed by atoms with van der Waals surface area (Å²) in [4.78, 5) is 27.8. The highest BCUT2D eigenvalue weighted by molar-refractivity contribution is 7.98. The maximum atomic E-state index is 5.69. The summed E-state index contributed by atoms with van der Waals surface area (Å²) >= 11 is 1.70. The maximum absolute atomic E-state index is 5.69. The molecule has 0 saturated heterocycles. The fourth-order valence-electron chi connectivity index (χ4n) is 13.4. The third kappa shape index (κ3) is 7.03. The lowest BCUT2D eigenvalue weighted by molar-refractivity contribution is 0.660. The van der Waals surface area contributed by atoms with Gasteiger partial charge in [-0.05, 0) is 98.4 Å². The molecular formula is C73H52N6S. The Bertz CT molecular complexity index is 4590. The molecule has 1 spiro atoms. The van der Waals surface area contributed by atoms with Crippen molar-refractivity contribution in [3.63, 3.8) is 0 Å². The smallest absolute Gasteiger partial charge is 0.161 e. The van der Waals surface area contributed by atoms with E-state index in [9.17, 15) is 0 Å². The third-order valence-electron chi connectivity index (χ3n) is 16.9. The molecule has 0 N–H and O–H groups in total. The van der Waals surface area contributed by atoms with Crippen molar-refractivity contribution in [2.45, 2.75) is 36.1 Å². The van der Waals surface area contributed by atoms with E-state index in [-0.39, 0.29) is 5.41 Å². The van der Waals surface area contributed by atoms with Crippen LogP contribution in [0.15, 0.2) is 256 Å². The van der Waals surface area contributed by atoms with E-state index in [1.165, 1.54) is 55.2 Å². The van der Waals surface area contributed by atoms with Crippen molar-refractivity contribution in [1.29, 1.82) is 0 Å². The molecule has 3 aliphatic rings. The number of aliphatic imine (C=N–C) groups is 3. The van der Waals surface area contributed by atoms with Crippen molar-refractivity contribution >= 4 is 52.0 Å². The highest BCUT2D eigenvalue weighted by Gasteiger charge is 2.52. The molecule has 2 aromatic heterocycles. The largest absolute Gasteiger partial charge is 0.309 e. The lowest BCUT2D eigenvalue weighted by Crippen LogP contribution is -2.33. The first kappa shape index (κ1) is 47.6. The number of hydrogen-bond acceptors (Lipinski definition) is 4. The second-order valence-electron chi connectivity index (χ2n) is 21.5. The van der Waals surface area contributed by atoms with Gasteiger partial charge in [0.2, 0.25) is 0 Å². The van der Waals surface area contributed by atoms with E-state index < -0.39 is 5.41 Å². The van der Waals surface area contributed by atoms with Gasteiger partial charge in [-0.3, -0.25) is 4.99 Å². The molecule has 0 amide bonds. The number of benzene rings is 10. The fourth-order valence-corrected chi connectivity index (χ4v) is 14.1. The lowest BCUT2D eigenvalue weighted by atomic mass is 9.65. The van der Waals surface area contributed by atoms with Crippen LogP contribution in [0.2, 0.25) is 0 Å². The van der Waals surface area contributed by atoms with Crippen LogP contribution in [0.25, 0.3) is 83.6 Å². The van der Waals surface area contributed by atoms with Gasteiger partial charge in [-0.15, -0.1) is 11.8 Å². The monoisotopic (exact) mass is 1040 g/mol. The second kappa shape index (κ2) is 18.5. The van der Waals surface area contributed by atoms with E-state index in [1.54, 1.807) is 11.8 Å². The molecular weight excluding hydrogens is 993 g/mol. The van der Waals surface area contributed by atoms with Gasteiger partial charge in [0.25, 0.3) is 0 Å². The van der Waals surface area contributed by atoms with Crippen molar-refractivity contribution in [3.8, 4) is 61.8 Å². The van der Waals surface area contributed by atoms with Crippen LogP contribution in [0.1, 0.15) is 63.9 Å². The minimum Gasteiger partial charge on any atom is -0.309 e. The second-order valence-corrected chi connectivity index (χ2v) is 22.3. The van der Waals surface area contributed by atoms with Crippen molar-refractivity contribution in [3.05, 3.63) is 287 Å². The molecule has 2 aliphatic carbocycles. The molecule has 0 bridgehead atoms. The first-order chi connectivity index (χ1) is 39.4. The molecule has 0 radical (unpaired) electrons. The van der Waals surface area contributed by atoms with Gasteiger partial charge < -0.3 is 4.57 Å². The molecule has 3 heterocycles. The molecule has 6 nitrogen and oxygen atoms in total. The molecule has 7 heteroatoms. The molecule has 1 unspecified atom stereocenters. The van der Waals surface area contributed by atoms with E-state index in [0.717, 1.165) is 77.6 Å². The summed E-state index contributed by atoms with van der Waals surface area (Å²) in [5.41, 5.74) is 22.2. The zero-order valence-electron chi connectivity index (χ0n) is 44.5. The predicted octanol–water partition coefficient (Wildman–Crippen LogP) is 17.4. The van der Waals surface area contributed by atoms with Crippen LogP contribution in [0.3, 0.4) is 0 Å².